The summed E-state index contributed by atoms with van der Waals surface area (Å²) in [6.45, 7) is 19.4. The molecule has 2 aromatic heterocycles. The third kappa shape index (κ3) is 7.13. The summed E-state index contributed by atoms with van der Waals surface area (Å²) in [5.74, 6) is 3.34. The fourth-order valence-electron chi connectivity index (χ4n) is 17.5. The number of benzene rings is 11. The van der Waals surface area contributed by atoms with Crippen LogP contribution in [0.3, 0.4) is 0 Å². The van der Waals surface area contributed by atoms with E-state index < -0.39 is 0 Å². The SMILES string of the molecule is CC1(C)CCC(C)(C)c2cc(N3c4cc5c(cc4B4c6cc7c(cc6Oc6cc(-n8c9ccccc9c9ccccc98)cc3c64)Oc3cc(-n4c6ccccc6c6ccccc64)cc4c3B7c3ccccc3N4c3ccccc3)C(C)(C)CCC5(C)C)ccc21. The molecule has 0 spiro atoms. The van der Waals surface area contributed by atoms with Crippen LogP contribution >= 0.6 is 0 Å². The number of hydrogen-bond donors (Lipinski definition) is 0. The van der Waals surface area contributed by atoms with E-state index in [-0.39, 0.29) is 35.1 Å². The van der Waals surface area contributed by atoms with Gasteiger partial charge in [-0.15, -0.1) is 0 Å². The van der Waals surface area contributed by atoms with Crippen molar-refractivity contribution in [2.24, 2.45) is 0 Å². The van der Waals surface area contributed by atoms with Crippen LogP contribution in [-0.4, -0.2) is 22.6 Å². The average Bonchev–Trinajstić information content (AvgIpc) is 0.774. The Bertz CT molecular complexity index is 5210. The van der Waals surface area contributed by atoms with Gasteiger partial charge in [0.05, 0.1) is 33.4 Å². The first-order valence-electron chi connectivity index (χ1n) is 32.6. The third-order valence-electron chi connectivity index (χ3n) is 22.3. The second-order valence-electron chi connectivity index (χ2n) is 29.3. The Hall–Kier alpha value is -9.65. The van der Waals surface area contributed by atoms with Gasteiger partial charge in [0.15, 0.2) is 0 Å². The molecule has 6 aliphatic rings. The standard InChI is InChI=1S/C82H68B2N4O2/c1-79(2)36-37-80(3,4)58-40-50(34-35-57(58)79)86-70-46-60-59(81(5,6)38-39-82(60,7)8)45-62(70)84-64-47-63-73(48-74(64)90-76-44-52(42-72(86)78(76)84)88-67-31-19-14-26-55(67)56-27-15-20-32-68(56)88)89-75-43-51(87-65-29-17-12-24-53(65)54-25-13-18-30-66(54)87)41-71-77(75)83(63)61-28-16-21-33-69(61)85(71)49-22-10-9-11-23-49/h9-35,40-48H,36-39H2,1-8H3. The van der Waals surface area contributed by atoms with E-state index in [1.54, 1.807) is 0 Å². The van der Waals surface area contributed by atoms with Crippen molar-refractivity contribution in [1.29, 1.82) is 0 Å². The lowest BCUT2D eigenvalue weighted by atomic mass is 9.31. The number of fused-ring (bicyclic) bond motifs is 16. The number of anilines is 6. The molecule has 0 atom stereocenters. The Kier molecular flexibility index (Phi) is 10.5. The number of hydrogen-bond acceptors (Lipinski definition) is 4. The molecule has 0 radical (unpaired) electrons. The zero-order chi connectivity index (χ0) is 60.5. The van der Waals surface area contributed by atoms with Crippen molar-refractivity contribution < 1.29 is 9.47 Å². The summed E-state index contributed by atoms with van der Waals surface area (Å²) in [5, 5.41) is 4.90. The Balaban J connectivity index is 0.894. The van der Waals surface area contributed by atoms with Crippen molar-refractivity contribution in [1.82, 2.24) is 9.13 Å². The van der Waals surface area contributed by atoms with Gasteiger partial charge in [-0.2, -0.15) is 0 Å². The summed E-state index contributed by atoms with van der Waals surface area (Å²) in [7, 11) is 0. The molecule has 6 heterocycles. The fourth-order valence-corrected chi connectivity index (χ4v) is 17.5. The smallest absolute Gasteiger partial charge is 0.256 e. The van der Waals surface area contributed by atoms with Crippen LogP contribution in [0.1, 0.15) is 103 Å². The molecule has 0 saturated carbocycles. The van der Waals surface area contributed by atoms with Crippen LogP contribution in [0.25, 0.3) is 55.0 Å². The minimum absolute atomic E-state index is 0.00169. The number of ether oxygens (including phenoxy) is 2. The predicted molar refractivity (Wildman–Crippen MR) is 377 cm³/mol. The Morgan fingerprint density at radius 1 is 0.289 bits per heavy atom. The normalized spacial score (nSPS) is 17.2. The summed E-state index contributed by atoms with van der Waals surface area (Å²) in [5.41, 5.74) is 26.7. The van der Waals surface area contributed by atoms with Crippen molar-refractivity contribution in [3.05, 3.63) is 241 Å². The van der Waals surface area contributed by atoms with Gasteiger partial charge >= 0.3 is 0 Å². The highest BCUT2D eigenvalue weighted by atomic mass is 16.5. The zero-order valence-electron chi connectivity index (χ0n) is 52.4. The molecule has 4 aliphatic heterocycles. The molecule has 0 unspecified atom stereocenters. The largest absolute Gasteiger partial charge is 0.458 e. The van der Waals surface area contributed by atoms with Gasteiger partial charge in [-0.3, -0.25) is 0 Å². The predicted octanol–water partition coefficient (Wildman–Crippen LogP) is 17.4. The van der Waals surface area contributed by atoms with Crippen LogP contribution in [0.15, 0.2) is 218 Å². The molecule has 0 N–H and O–H groups in total. The molecular formula is C82H68B2N4O2. The highest BCUT2D eigenvalue weighted by Gasteiger charge is 2.50. The summed E-state index contributed by atoms with van der Waals surface area (Å²) in [6.07, 6.45) is 4.53. The number of para-hydroxylation sites is 6. The van der Waals surface area contributed by atoms with Crippen LogP contribution in [0.4, 0.5) is 34.1 Å². The molecule has 434 valence electrons. The maximum absolute atomic E-state index is 7.78. The van der Waals surface area contributed by atoms with E-state index in [2.05, 4.69) is 293 Å². The van der Waals surface area contributed by atoms with Gasteiger partial charge in [-0.1, -0.05) is 183 Å². The molecule has 0 amide bonds. The highest BCUT2D eigenvalue weighted by Crippen LogP contribution is 2.54. The van der Waals surface area contributed by atoms with Crippen LogP contribution < -0.4 is 52.1 Å². The second kappa shape index (κ2) is 18.0. The third-order valence-corrected chi connectivity index (χ3v) is 22.3. The van der Waals surface area contributed by atoms with Gasteiger partial charge in [0.1, 0.15) is 23.0 Å². The monoisotopic (exact) mass is 1160 g/mol. The molecule has 0 fully saturated rings. The molecule has 13 aromatic rings. The van der Waals surface area contributed by atoms with Crippen molar-refractivity contribution in [3.63, 3.8) is 0 Å². The molecular weight excluding hydrogens is 1090 g/mol. The Morgan fingerprint density at radius 3 is 1.23 bits per heavy atom. The first-order chi connectivity index (χ1) is 43.6. The lowest BCUT2D eigenvalue weighted by molar-refractivity contribution is 0.332. The van der Waals surface area contributed by atoms with E-state index >= 15 is 0 Å². The van der Waals surface area contributed by atoms with Gasteiger partial charge in [0.2, 0.25) is 0 Å². The molecule has 2 aliphatic carbocycles. The molecule has 11 aromatic carbocycles. The summed E-state index contributed by atoms with van der Waals surface area (Å²) >= 11 is 0. The molecule has 8 heteroatoms. The van der Waals surface area contributed by atoms with Crippen LogP contribution in [0.2, 0.25) is 0 Å². The van der Waals surface area contributed by atoms with Crippen LogP contribution in [-0.2, 0) is 21.7 Å². The van der Waals surface area contributed by atoms with E-state index in [4.69, 9.17) is 9.47 Å². The molecule has 90 heavy (non-hydrogen) atoms. The molecule has 0 bridgehead atoms. The highest BCUT2D eigenvalue weighted by molar-refractivity contribution is 7.02. The van der Waals surface area contributed by atoms with Crippen molar-refractivity contribution >= 4 is 124 Å². The first kappa shape index (κ1) is 52.3. The van der Waals surface area contributed by atoms with E-state index in [9.17, 15) is 0 Å². The lowest BCUT2D eigenvalue weighted by Gasteiger charge is -2.47. The van der Waals surface area contributed by atoms with Crippen LogP contribution in [0, 0.1) is 0 Å². The molecule has 0 saturated heterocycles. The molecule has 6 nitrogen and oxygen atoms in total. The van der Waals surface area contributed by atoms with Gasteiger partial charge in [0, 0.05) is 73.9 Å². The maximum Gasteiger partial charge on any atom is 0.256 e. The number of aromatic nitrogens is 2. The van der Waals surface area contributed by atoms with E-state index in [0.29, 0.717) is 0 Å². The Morgan fingerprint density at radius 2 is 0.711 bits per heavy atom. The number of rotatable bonds is 4. The van der Waals surface area contributed by atoms with Gasteiger partial charge < -0.3 is 28.4 Å². The van der Waals surface area contributed by atoms with E-state index in [1.165, 1.54) is 71.6 Å². The van der Waals surface area contributed by atoms with E-state index in [1.807, 2.05) is 0 Å². The summed E-state index contributed by atoms with van der Waals surface area (Å²) < 4.78 is 20.3. The average molecular weight is 1160 g/mol. The van der Waals surface area contributed by atoms with Crippen LogP contribution in [0.5, 0.6) is 23.0 Å². The summed E-state index contributed by atoms with van der Waals surface area (Å²) in [4.78, 5) is 5.12. The topological polar surface area (TPSA) is 34.8 Å². The number of nitrogens with zero attached hydrogens (tertiary/aromatic N) is 4. The first-order valence-corrected chi connectivity index (χ1v) is 32.6. The van der Waals surface area contributed by atoms with Gasteiger partial charge in [0.25, 0.3) is 13.4 Å². The van der Waals surface area contributed by atoms with Crippen molar-refractivity contribution in [2.45, 2.75) is 103 Å². The molecule has 19 rings (SSSR count). The van der Waals surface area contributed by atoms with Gasteiger partial charge in [-0.25, -0.2) is 0 Å². The van der Waals surface area contributed by atoms with Gasteiger partial charge in [-0.05, 0) is 175 Å². The minimum atomic E-state index is -0.181. The maximum atomic E-state index is 7.78. The second-order valence-corrected chi connectivity index (χ2v) is 29.3. The van der Waals surface area contributed by atoms with Crippen molar-refractivity contribution in [3.8, 4) is 34.4 Å². The van der Waals surface area contributed by atoms with E-state index in [0.717, 1.165) is 121 Å². The lowest BCUT2D eigenvalue weighted by Crippen LogP contribution is -2.63. The fraction of sp³-hybridized carbons (Fsp3) is 0.195. The quantitative estimate of drug-likeness (QED) is 0.165. The van der Waals surface area contributed by atoms with Crippen molar-refractivity contribution in [2.75, 3.05) is 9.80 Å². The zero-order valence-corrected chi connectivity index (χ0v) is 52.4. The summed E-state index contributed by atoms with van der Waals surface area (Å²) in [6, 6.07) is 82.4. The minimum Gasteiger partial charge on any atom is -0.458 e. The Labute approximate surface area is 527 Å².